The maximum atomic E-state index is 13.0. The molecule has 1 aliphatic heterocycles. The number of anilines is 1. The molecule has 0 spiro atoms. The van der Waals surface area contributed by atoms with Crippen LogP contribution < -0.4 is 10.6 Å². The molecule has 1 amide bonds. The van der Waals surface area contributed by atoms with E-state index < -0.39 is 17.5 Å². The van der Waals surface area contributed by atoms with Gasteiger partial charge in [-0.05, 0) is 25.9 Å². The molecule has 0 radical (unpaired) electrons. The highest BCUT2D eigenvalue weighted by Crippen LogP contribution is 2.19. The molecule has 98 valence electrons. The molecule has 1 aromatic rings. The summed E-state index contributed by atoms with van der Waals surface area (Å²) >= 11 is 0. The number of benzene rings is 1. The molecule has 2 rings (SSSR count). The summed E-state index contributed by atoms with van der Waals surface area (Å²) in [5, 5.41) is 5.52. The Bertz CT molecular complexity index is 436. The van der Waals surface area contributed by atoms with Crippen molar-refractivity contribution in [2.24, 2.45) is 5.92 Å². The Morgan fingerprint density at radius 2 is 1.72 bits per heavy atom. The van der Waals surface area contributed by atoms with Gasteiger partial charge in [-0.15, -0.1) is 0 Å². The van der Waals surface area contributed by atoms with E-state index in [-0.39, 0.29) is 17.5 Å². The van der Waals surface area contributed by atoms with E-state index in [1.165, 1.54) is 0 Å². The molecule has 0 unspecified atom stereocenters. The minimum Gasteiger partial charge on any atom is -0.326 e. The van der Waals surface area contributed by atoms with Gasteiger partial charge in [0.05, 0.1) is 0 Å². The molecule has 1 saturated heterocycles. The number of piperidine rings is 1. The molecule has 6 heteroatoms. The van der Waals surface area contributed by atoms with Gasteiger partial charge in [-0.1, -0.05) is 0 Å². The summed E-state index contributed by atoms with van der Waals surface area (Å²) in [5.74, 6) is -4.62. The van der Waals surface area contributed by atoms with E-state index in [0.717, 1.165) is 25.2 Å². The van der Waals surface area contributed by atoms with Gasteiger partial charge in [0.2, 0.25) is 5.91 Å². The lowest BCUT2D eigenvalue weighted by molar-refractivity contribution is -0.120. The van der Waals surface area contributed by atoms with E-state index in [1.807, 2.05) is 0 Å². The summed E-state index contributed by atoms with van der Waals surface area (Å²) in [5.41, 5.74) is -0.0602. The minimum atomic E-state index is -1.53. The largest absolute Gasteiger partial charge is 0.326 e. The summed E-state index contributed by atoms with van der Waals surface area (Å²) < 4.78 is 38.6. The Kier molecular flexibility index (Phi) is 3.86. The number of rotatable bonds is 2. The monoisotopic (exact) mass is 258 g/mol. The highest BCUT2D eigenvalue weighted by atomic mass is 19.2. The van der Waals surface area contributed by atoms with Crippen molar-refractivity contribution < 1.29 is 18.0 Å². The molecule has 2 N–H and O–H groups in total. The Hall–Kier alpha value is -1.56. The first-order chi connectivity index (χ1) is 8.58. The van der Waals surface area contributed by atoms with Gasteiger partial charge in [-0.2, -0.15) is 0 Å². The lowest BCUT2D eigenvalue weighted by Crippen LogP contribution is -2.34. The molecule has 1 aliphatic rings. The van der Waals surface area contributed by atoms with E-state index in [1.54, 1.807) is 0 Å². The molecule has 1 heterocycles. The molecule has 1 fully saturated rings. The van der Waals surface area contributed by atoms with Crippen molar-refractivity contribution in [3.63, 3.8) is 0 Å². The molecule has 0 bridgehead atoms. The van der Waals surface area contributed by atoms with Crippen LogP contribution in [-0.2, 0) is 4.79 Å². The van der Waals surface area contributed by atoms with Gasteiger partial charge < -0.3 is 10.6 Å². The number of nitrogens with one attached hydrogen (secondary N) is 2. The van der Waals surface area contributed by atoms with Crippen LogP contribution in [0.4, 0.5) is 18.9 Å². The molecular formula is C12H13F3N2O. The van der Waals surface area contributed by atoms with Gasteiger partial charge in [-0.3, -0.25) is 4.79 Å². The lowest BCUT2D eigenvalue weighted by Gasteiger charge is -2.21. The zero-order valence-corrected chi connectivity index (χ0v) is 9.60. The molecule has 0 atom stereocenters. The molecule has 1 aromatic carbocycles. The molecule has 18 heavy (non-hydrogen) atoms. The van der Waals surface area contributed by atoms with Gasteiger partial charge in [0.15, 0.2) is 17.5 Å². The van der Waals surface area contributed by atoms with Crippen molar-refractivity contribution in [2.75, 3.05) is 18.4 Å². The Morgan fingerprint density at radius 3 is 2.28 bits per heavy atom. The van der Waals surface area contributed by atoms with Crippen LogP contribution in [0.5, 0.6) is 0 Å². The van der Waals surface area contributed by atoms with E-state index in [9.17, 15) is 18.0 Å². The number of carbonyl (C=O) groups is 1. The van der Waals surface area contributed by atoms with E-state index in [2.05, 4.69) is 10.6 Å². The molecular weight excluding hydrogens is 245 g/mol. The topological polar surface area (TPSA) is 41.1 Å². The van der Waals surface area contributed by atoms with Crippen molar-refractivity contribution in [3.8, 4) is 0 Å². The fourth-order valence-electron chi connectivity index (χ4n) is 1.96. The standard InChI is InChI=1S/C12H13F3N2O/c13-9-5-8(6-10(14)11(9)15)17-12(18)7-1-3-16-4-2-7/h5-7,16H,1-4H2,(H,17,18). The molecule has 3 nitrogen and oxygen atoms in total. The van der Waals surface area contributed by atoms with Crippen LogP contribution in [0.2, 0.25) is 0 Å². The van der Waals surface area contributed by atoms with Crippen LogP contribution in [-0.4, -0.2) is 19.0 Å². The number of hydrogen-bond donors (Lipinski definition) is 2. The molecule has 0 aromatic heterocycles. The number of hydrogen-bond acceptors (Lipinski definition) is 2. The average molecular weight is 258 g/mol. The van der Waals surface area contributed by atoms with Crippen LogP contribution in [0, 0.1) is 23.4 Å². The zero-order valence-electron chi connectivity index (χ0n) is 9.60. The lowest BCUT2D eigenvalue weighted by atomic mass is 9.97. The molecule has 0 aliphatic carbocycles. The Balaban J connectivity index is 2.06. The van der Waals surface area contributed by atoms with Gasteiger partial charge in [0.25, 0.3) is 0 Å². The minimum absolute atomic E-state index is 0.0602. The van der Waals surface area contributed by atoms with Gasteiger partial charge in [0, 0.05) is 23.7 Å². The number of halogens is 3. The van der Waals surface area contributed by atoms with E-state index >= 15 is 0 Å². The quantitative estimate of drug-likeness (QED) is 0.797. The number of amides is 1. The summed E-state index contributed by atoms with van der Waals surface area (Å²) in [6.07, 6.45) is 1.36. The summed E-state index contributed by atoms with van der Waals surface area (Å²) in [4.78, 5) is 11.8. The van der Waals surface area contributed by atoms with E-state index in [0.29, 0.717) is 12.8 Å². The fraction of sp³-hybridized carbons (Fsp3) is 0.417. The highest BCUT2D eigenvalue weighted by Gasteiger charge is 2.21. The van der Waals surface area contributed by atoms with Crippen molar-refractivity contribution in [2.45, 2.75) is 12.8 Å². The summed E-state index contributed by atoms with van der Waals surface area (Å²) in [6.45, 7) is 1.48. The molecule has 0 saturated carbocycles. The third kappa shape index (κ3) is 2.81. The summed E-state index contributed by atoms with van der Waals surface area (Å²) in [7, 11) is 0. The van der Waals surface area contributed by atoms with Crippen LogP contribution >= 0.6 is 0 Å². The van der Waals surface area contributed by atoms with Gasteiger partial charge in [0.1, 0.15) is 0 Å². The zero-order chi connectivity index (χ0) is 13.1. The van der Waals surface area contributed by atoms with Crippen molar-refractivity contribution in [3.05, 3.63) is 29.6 Å². The first-order valence-electron chi connectivity index (χ1n) is 5.74. The van der Waals surface area contributed by atoms with Crippen molar-refractivity contribution >= 4 is 11.6 Å². The normalized spacial score (nSPS) is 16.6. The van der Waals surface area contributed by atoms with E-state index in [4.69, 9.17) is 0 Å². The maximum absolute atomic E-state index is 13.0. The third-order valence-electron chi connectivity index (χ3n) is 2.96. The Morgan fingerprint density at radius 1 is 1.17 bits per heavy atom. The Labute approximate surface area is 102 Å². The second kappa shape index (κ2) is 5.39. The van der Waals surface area contributed by atoms with Crippen LogP contribution in [0.3, 0.4) is 0 Å². The SMILES string of the molecule is O=C(Nc1cc(F)c(F)c(F)c1)C1CCNCC1. The maximum Gasteiger partial charge on any atom is 0.227 e. The van der Waals surface area contributed by atoms with Crippen LogP contribution in [0.15, 0.2) is 12.1 Å². The second-order valence-corrected chi connectivity index (χ2v) is 4.27. The van der Waals surface area contributed by atoms with Gasteiger partial charge in [-0.25, -0.2) is 13.2 Å². The third-order valence-corrected chi connectivity index (χ3v) is 2.96. The summed E-state index contributed by atoms with van der Waals surface area (Å²) in [6, 6.07) is 1.55. The van der Waals surface area contributed by atoms with Crippen molar-refractivity contribution in [1.29, 1.82) is 0 Å². The predicted octanol–water partition coefficient (Wildman–Crippen LogP) is 2.04. The van der Waals surface area contributed by atoms with Crippen molar-refractivity contribution in [1.82, 2.24) is 5.32 Å². The highest BCUT2D eigenvalue weighted by molar-refractivity contribution is 5.92. The average Bonchev–Trinajstić information content (AvgIpc) is 2.37. The smallest absolute Gasteiger partial charge is 0.227 e. The van der Waals surface area contributed by atoms with Gasteiger partial charge >= 0.3 is 0 Å². The number of carbonyl (C=O) groups excluding carboxylic acids is 1. The first-order valence-corrected chi connectivity index (χ1v) is 5.74. The first kappa shape index (κ1) is 12.9. The van der Waals surface area contributed by atoms with Crippen LogP contribution in [0.1, 0.15) is 12.8 Å². The van der Waals surface area contributed by atoms with Crippen LogP contribution in [0.25, 0.3) is 0 Å². The second-order valence-electron chi connectivity index (χ2n) is 4.27. The fourth-order valence-corrected chi connectivity index (χ4v) is 1.96. The predicted molar refractivity (Wildman–Crippen MR) is 60.5 cm³/mol.